The number of halogens is 1. The van der Waals surface area contributed by atoms with E-state index in [2.05, 4.69) is 34.0 Å². The van der Waals surface area contributed by atoms with Crippen molar-refractivity contribution in [3.05, 3.63) is 33.4 Å². The molecule has 2 amide bonds. The number of carboxylic acids is 1. The summed E-state index contributed by atoms with van der Waals surface area (Å²) < 4.78 is 1.12. The van der Waals surface area contributed by atoms with Gasteiger partial charge in [-0.2, -0.15) is 0 Å². The summed E-state index contributed by atoms with van der Waals surface area (Å²) in [6, 6.07) is 7.47. The molecule has 1 aromatic carbocycles. The molecule has 31 heavy (non-hydrogen) atoms. The van der Waals surface area contributed by atoms with E-state index < -0.39 is 23.8 Å². The van der Waals surface area contributed by atoms with E-state index in [9.17, 15) is 19.5 Å². The molecule has 3 atom stereocenters. The first-order valence-electron chi connectivity index (χ1n) is 11.3. The molecule has 0 aliphatic carbocycles. The van der Waals surface area contributed by atoms with E-state index in [-0.39, 0.29) is 17.7 Å². The van der Waals surface area contributed by atoms with Crippen LogP contribution in [0.4, 0.5) is 0 Å². The highest BCUT2D eigenvalue weighted by Crippen LogP contribution is 2.26. The van der Waals surface area contributed by atoms with E-state index in [1.807, 2.05) is 43.9 Å². The molecule has 2 rings (SSSR count). The van der Waals surface area contributed by atoms with Crippen molar-refractivity contribution in [2.75, 3.05) is 6.54 Å². The summed E-state index contributed by atoms with van der Waals surface area (Å²) in [5, 5.41) is 12.7. The van der Waals surface area contributed by atoms with E-state index in [0.717, 1.165) is 22.0 Å². The molecule has 1 saturated heterocycles. The largest absolute Gasteiger partial charge is 0.481 e. The number of carbonyl (C=O) groups is 3. The molecule has 0 aromatic heterocycles. The molecule has 172 valence electrons. The zero-order valence-electron chi connectivity index (χ0n) is 18.8. The fraction of sp³-hybridized carbons (Fsp3) is 0.625. The second kappa shape index (κ2) is 12.4. The Kier molecular flexibility index (Phi) is 10.3. The fourth-order valence-electron chi connectivity index (χ4n) is 4.30. The Morgan fingerprint density at radius 1 is 1.26 bits per heavy atom. The van der Waals surface area contributed by atoms with Crippen LogP contribution in [-0.2, 0) is 20.9 Å². The minimum atomic E-state index is -0.935. The molecule has 6 nitrogen and oxygen atoms in total. The van der Waals surface area contributed by atoms with Gasteiger partial charge in [-0.15, -0.1) is 0 Å². The molecule has 0 bridgehead atoms. The van der Waals surface area contributed by atoms with E-state index in [4.69, 9.17) is 0 Å². The van der Waals surface area contributed by atoms with Crippen LogP contribution < -0.4 is 5.32 Å². The van der Waals surface area contributed by atoms with Gasteiger partial charge < -0.3 is 15.3 Å². The summed E-state index contributed by atoms with van der Waals surface area (Å²) in [4.78, 5) is 40.1. The van der Waals surface area contributed by atoms with Crippen molar-refractivity contribution >= 4 is 40.4 Å². The van der Waals surface area contributed by atoms with E-state index in [1.54, 1.807) is 0 Å². The minimum Gasteiger partial charge on any atom is -0.481 e. The van der Waals surface area contributed by atoms with Crippen molar-refractivity contribution in [1.82, 2.24) is 10.2 Å². The zero-order valence-corrected chi connectivity index (χ0v) is 20.9. The van der Waals surface area contributed by atoms with Crippen LogP contribution in [0.25, 0.3) is 0 Å². The van der Waals surface area contributed by atoms with Crippen LogP contribution in [0, 0.1) is 21.3 Å². The van der Waals surface area contributed by atoms with Gasteiger partial charge in [-0.3, -0.25) is 14.4 Å². The molecular weight excluding hydrogens is 507 g/mol. The van der Waals surface area contributed by atoms with Crippen LogP contribution in [0.1, 0.15) is 64.9 Å². The first-order chi connectivity index (χ1) is 14.7. The summed E-state index contributed by atoms with van der Waals surface area (Å²) in [5.41, 5.74) is 1.07. The Balaban J connectivity index is 2.15. The third kappa shape index (κ3) is 7.77. The van der Waals surface area contributed by atoms with Gasteiger partial charge in [-0.1, -0.05) is 39.3 Å². The predicted octanol–water partition coefficient (Wildman–Crippen LogP) is 4.45. The van der Waals surface area contributed by atoms with Gasteiger partial charge in [0.05, 0.1) is 11.8 Å². The number of likely N-dealkylation sites (tertiary alicyclic amines) is 1. The van der Waals surface area contributed by atoms with Crippen molar-refractivity contribution in [2.24, 2.45) is 17.8 Å². The number of aliphatic carboxylic acids is 1. The maximum absolute atomic E-state index is 13.2. The van der Waals surface area contributed by atoms with E-state index >= 15 is 0 Å². The van der Waals surface area contributed by atoms with Gasteiger partial charge in [0.25, 0.3) is 0 Å². The van der Waals surface area contributed by atoms with Crippen molar-refractivity contribution in [1.29, 1.82) is 0 Å². The van der Waals surface area contributed by atoms with Crippen molar-refractivity contribution in [2.45, 2.75) is 71.9 Å². The summed E-state index contributed by atoms with van der Waals surface area (Å²) in [7, 11) is 0. The summed E-state index contributed by atoms with van der Waals surface area (Å²) in [6.07, 6.45) is 3.99. The van der Waals surface area contributed by atoms with Crippen LogP contribution in [0.2, 0.25) is 0 Å². The summed E-state index contributed by atoms with van der Waals surface area (Å²) in [5.74, 6) is -2.47. The molecule has 1 heterocycles. The number of hydrogen-bond acceptors (Lipinski definition) is 3. The van der Waals surface area contributed by atoms with Gasteiger partial charge in [0, 0.05) is 16.7 Å². The number of nitrogens with one attached hydrogen (secondary N) is 1. The Morgan fingerprint density at radius 2 is 2.00 bits per heavy atom. The number of amides is 2. The average molecular weight is 542 g/mol. The van der Waals surface area contributed by atoms with Gasteiger partial charge in [0.15, 0.2) is 0 Å². The Labute approximate surface area is 199 Å². The smallest absolute Gasteiger partial charge is 0.307 e. The van der Waals surface area contributed by atoms with Gasteiger partial charge in [-0.05, 0) is 78.3 Å². The molecule has 0 saturated carbocycles. The highest BCUT2D eigenvalue weighted by atomic mass is 127. The standard InChI is InChI=1S/C24H35IN2O4/c1-4-8-19(24(30)31)20(13-16(2)3)22(28)26-21-11-5-6-12-27(23(21)29)15-17-9-7-10-18(25)14-17/h7,9-10,14,16,19-21H,4-6,8,11-13,15H2,1-3H3,(H,26,28)(H,30,31). The number of nitrogens with zero attached hydrogens (tertiary/aromatic N) is 1. The average Bonchev–Trinajstić information content (AvgIpc) is 2.86. The third-order valence-corrected chi connectivity index (χ3v) is 6.50. The van der Waals surface area contributed by atoms with Crippen LogP contribution in [-0.4, -0.2) is 40.4 Å². The van der Waals surface area contributed by atoms with Crippen molar-refractivity contribution in [3.63, 3.8) is 0 Å². The molecule has 1 aliphatic rings. The fourth-order valence-corrected chi connectivity index (χ4v) is 4.91. The first kappa shape index (κ1) is 25.6. The number of carbonyl (C=O) groups excluding carboxylic acids is 2. The highest BCUT2D eigenvalue weighted by Gasteiger charge is 2.36. The summed E-state index contributed by atoms with van der Waals surface area (Å²) in [6.45, 7) is 7.10. The SMILES string of the molecule is CCCC(C(=O)O)C(CC(C)C)C(=O)NC1CCCCN(Cc2cccc(I)c2)C1=O. The minimum absolute atomic E-state index is 0.0737. The molecular formula is C24H35IN2O4. The topological polar surface area (TPSA) is 86.7 Å². The van der Waals surface area contributed by atoms with Gasteiger partial charge in [0.1, 0.15) is 6.04 Å². The molecule has 2 N–H and O–H groups in total. The van der Waals surface area contributed by atoms with Gasteiger partial charge in [-0.25, -0.2) is 0 Å². The first-order valence-corrected chi connectivity index (χ1v) is 12.4. The lowest BCUT2D eigenvalue weighted by atomic mass is 9.82. The van der Waals surface area contributed by atoms with Gasteiger partial charge in [0.2, 0.25) is 11.8 Å². The molecule has 1 aromatic rings. The maximum atomic E-state index is 13.2. The molecule has 1 aliphatic heterocycles. The maximum Gasteiger partial charge on any atom is 0.307 e. The van der Waals surface area contributed by atoms with Crippen LogP contribution in [0.3, 0.4) is 0 Å². The molecule has 3 unspecified atom stereocenters. The van der Waals surface area contributed by atoms with Gasteiger partial charge >= 0.3 is 5.97 Å². The van der Waals surface area contributed by atoms with E-state index in [0.29, 0.717) is 38.8 Å². The second-order valence-corrected chi connectivity index (χ2v) is 10.2. The zero-order chi connectivity index (χ0) is 23.0. The predicted molar refractivity (Wildman–Crippen MR) is 129 cm³/mol. The lowest BCUT2D eigenvalue weighted by molar-refractivity contribution is -0.148. The number of rotatable bonds is 10. The van der Waals surface area contributed by atoms with Crippen LogP contribution in [0.5, 0.6) is 0 Å². The van der Waals surface area contributed by atoms with Crippen molar-refractivity contribution in [3.8, 4) is 0 Å². The van der Waals surface area contributed by atoms with Crippen LogP contribution in [0.15, 0.2) is 24.3 Å². The third-order valence-electron chi connectivity index (χ3n) is 5.82. The molecule has 0 radical (unpaired) electrons. The summed E-state index contributed by atoms with van der Waals surface area (Å²) >= 11 is 2.26. The Hall–Kier alpha value is -1.64. The van der Waals surface area contributed by atoms with E-state index in [1.165, 1.54) is 0 Å². The van der Waals surface area contributed by atoms with Crippen molar-refractivity contribution < 1.29 is 19.5 Å². The lowest BCUT2D eigenvalue weighted by Crippen LogP contribution is -2.50. The number of carboxylic acid groups (broad SMARTS) is 1. The number of hydrogen-bond donors (Lipinski definition) is 2. The Bertz CT molecular complexity index is 768. The molecule has 7 heteroatoms. The molecule has 0 spiro atoms. The Morgan fingerprint density at radius 3 is 2.61 bits per heavy atom. The normalized spacial score (nSPS) is 19.1. The molecule has 1 fully saturated rings. The second-order valence-electron chi connectivity index (χ2n) is 8.92. The lowest BCUT2D eigenvalue weighted by Gasteiger charge is -2.29. The number of benzene rings is 1. The highest BCUT2D eigenvalue weighted by molar-refractivity contribution is 14.1. The van der Waals surface area contributed by atoms with Crippen LogP contribution >= 0.6 is 22.6 Å². The quantitative estimate of drug-likeness (QED) is 0.428. The monoisotopic (exact) mass is 542 g/mol.